The van der Waals surface area contributed by atoms with E-state index in [0.717, 1.165) is 11.3 Å². The van der Waals surface area contributed by atoms with Crippen molar-refractivity contribution in [2.75, 3.05) is 33.3 Å². The SMILES string of the molecule is COc1ccc(C(C#N)N2CCN(C(=O)c3ccc(F)cc3)CC2)cc1. The Labute approximate surface area is 152 Å². The number of piperazine rings is 1. The predicted octanol–water partition coefficient (Wildman–Crippen LogP) is 2.86. The Bertz CT molecular complexity index is 791. The molecular formula is C20H20FN3O2. The van der Waals surface area contributed by atoms with Gasteiger partial charge in [-0.3, -0.25) is 9.69 Å². The highest BCUT2D eigenvalue weighted by Gasteiger charge is 2.27. The van der Waals surface area contributed by atoms with Gasteiger partial charge >= 0.3 is 0 Å². The summed E-state index contributed by atoms with van der Waals surface area (Å²) in [5.74, 6) is 0.283. The van der Waals surface area contributed by atoms with Crippen LogP contribution in [-0.4, -0.2) is 49.0 Å². The molecule has 1 saturated heterocycles. The molecule has 1 heterocycles. The number of amides is 1. The average Bonchev–Trinajstić information content (AvgIpc) is 2.70. The topological polar surface area (TPSA) is 56.6 Å². The van der Waals surface area contributed by atoms with Crippen molar-refractivity contribution in [3.05, 3.63) is 65.5 Å². The zero-order valence-electron chi connectivity index (χ0n) is 14.6. The van der Waals surface area contributed by atoms with Gasteiger partial charge in [-0.05, 0) is 42.0 Å². The normalized spacial score (nSPS) is 16.0. The van der Waals surface area contributed by atoms with Crippen LogP contribution in [0, 0.1) is 17.1 Å². The monoisotopic (exact) mass is 353 g/mol. The summed E-state index contributed by atoms with van der Waals surface area (Å²) in [5, 5.41) is 9.60. The number of ether oxygens (including phenoxy) is 1. The fraction of sp³-hybridized carbons (Fsp3) is 0.300. The molecule has 1 atom stereocenters. The number of halogens is 1. The molecule has 0 bridgehead atoms. The molecule has 1 fully saturated rings. The third-order valence-corrected chi connectivity index (χ3v) is 4.61. The van der Waals surface area contributed by atoms with Crippen LogP contribution in [0.15, 0.2) is 48.5 Å². The molecule has 5 nitrogen and oxygen atoms in total. The summed E-state index contributed by atoms with van der Waals surface area (Å²) in [5.41, 5.74) is 1.39. The lowest BCUT2D eigenvalue weighted by Gasteiger charge is -2.37. The van der Waals surface area contributed by atoms with Gasteiger partial charge in [0.15, 0.2) is 0 Å². The van der Waals surface area contributed by atoms with Crippen molar-refractivity contribution in [2.24, 2.45) is 0 Å². The molecule has 1 aliphatic rings. The van der Waals surface area contributed by atoms with E-state index in [1.165, 1.54) is 24.3 Å². The zero-order valence-corrected chi connectivity index (χ0v) is 14.6. The number of benzene rings is 2. The summed E-state index contributed by atoms with van der Waals surface area (Å²) in [7, 11) is 1.61. The Morgan fingerprint density at radius 2 is 1.69 bits per heavy atom. The highest BCUT2D eigenvalue weighted by Crippen LogP contribution is 2.24. The van der Waals surface area contributed by atoms with Crippen molar-refractivity contribution in [3.8, 4) is 11.8 Å². The van der Waals surface area contributed by atoms with Crippen LogP contribution in [0.25, 0.3) is 0 Å². The minimum Gasteiger partial charge on any atom is -0.497 e. The maximum atomic E-state index is 13.0. The first-order chi connectivity index (χ1) is 12.6. The standard InChI is InChI=1S/C20H20FN3O2/c1-26-18-8-4-15(5-9-18)19(14-22)23-10-12-24(13-11-23)20(25)16-2-6-17(21)7-3-16/h2-9,19H,10-13H2,1H3. The summed E-state index contributed by atoms with van der Waals surface area (Å²) in [4.78, 5) is 16.3. The highest BCUT2D eigenvalue weighted by molar-refractivity contribution is 5.94. The van der Waals surface area contributed by atoms with E-state index in [9.17, 15) is 14.4 Å². The van der Waals surface area contributed by atoms with Crippen molar-refractivity contribution in [1.82, 2.24) is 9.80 Å². The van der Waals surface area contributed by atoms with Gasteiger partial charge in [0.2, 0.25) is 0 Å². The van der Waals surface area contributed by atoms with E-state index in [2.05, 4.69) is 11.0 Å². The second kappa shape index (κ2) is 7.98. The molecule has 3 rings (SSSR count). The first-order valence-corrected chi connectivity index (χ1v) is 8.45. The lowest BCUT2D eigenvalue weighted by Crippen LogP contribution is -2.49. The third-order valence-electron chi connectivity index (χ3n) is 4.61. The molecule has 0 N–H and O–H groups in total. The molecule has 0 saturated carbocycles. The first-order valence-electron chi connectivity index (χ1n) is 8.45. The minimum atomic E-state index is -0.359. The molecule has 0 aliphatic carbocycles. The Balaban J connectivity index is 1.63. The van der Waals surface area contributed by atoms with Crippen molar-refractivity contribution in [3.63, 3.8) is 0 Å². The van der Waals surface area contributed by atoms with E-state index in [1.54, 1.807) is 12.0 Å². The number of carbonyl (C=O) groups is 1. The molecule has 0 aromatic heterocycles. The van der Waals surface area contributed by atoms with Crippen LogP contribution in [-0.2, 0) is 0 Å². The van der Waals surface area contributed by atoms with E-state index >= 15 is 0 Å². The van der Waals surface area contributed by atoms with Gasteiger partial charge in [-0.15, -0.1) is 0 Å². The first kappa shape index (κ1) is 17.9. The average molecular weight is 353 g/mol. The number of hydrogen-bond acceptors (Lipinski definition) is 4. The van der Waals surface area contributed by atoms with Crippen LogP contribution >= 0.6 is 0 Å². The molecule has 2 aromatic carbocycles. The number of nitrogens with zero attached hydrogens (tertiary/aromatic N) is 3. The van der Waals surface area contributed by atoms with Crippen LogP contribution in [0.1, 0.15) is 22.0 Å². The summed E-state index contributed by atoms with van der Waals surface area (Å²) in [6.45, 7) is 2.28. The van der Waals surface area contributed by atoms with E-state index < -0.39 is 0 Å². The van der Waals surface area contributed by atoms with Crippen LogP contribution in [0.2, 0.25) is 0 Å². The largest absolute Gasteiger partial charge is 0.497 e. The van der Waals surface area contributed by atoms with Gasteiger partial charge in [0.05, 0.1) is 13.2 Å². The maximum absolute atomic E-state index is 13.0. The Morgan fingerprint density at radius 3 is 2.23 bits per heavy atom. The highest BCUT2D eigenvalue weighted by atomic mass is 19.1. The van der Waals surface area contributed by atoms with Crippen LogP contribution in [0.3, 0.4) is 0 Å². The summed E-state index contributed by atoms with van der Waals surface area (Å²) in [6.07, 6.45) is 0. The smallest absolute Gasteiger partial charge is 0.253 e. The zero-order chi connectivity index (χ0) is 18.5. The van der Waals surface area contributed by atoms with Crippen LogP contribution in [0.4, 0.5) is 4.39 Å². The van der Waals surface area contributed by atoms with Gasteiger partial charge < -0.3 is 9.64 Å². The molecule has 1 aliphatic heterocycles. The summed E-state index contributed by atoms with van der Waals surface area (Å²) < 4.78 is 18.2. The van der Waals surface area contributed by atoms with E-state index in [1.807, 2.05) is 24.3 Å². The lowest BCUT2D eigenvalue weighted by molar-refractivity contribution is 0.0606. The third kappa shape index (κ3) is 3.84. The van der Waals surface area contributed by atoms with Crippen molar-refractivity contribution < 1.29 is 13.9 Å². The van der Waals surface area contributed by atoms with Gasteiger partial charge in [0.25, 0.3) is 5.91 Å². The molecular weight excluding hydrogens is 333 g/mol. The van der Waals surface area contributed by atoms with Crippen molar-refractivity contribution in [1.29, 1.82) is 5.26 Å². The second-order valence-electron chi connectivity index (χ2n) is 6.14. The van der Waals surface area contributed by atoms with Crippen LogP contribution in [0.5, 0.6) is 5.75 Å². The summed E-state index contributed by atoms with van der Waals surface area (Å²) in [6, 6.07) is 15.0. The number of nitriles is 1. The molecule has 0 radical (unpaired) electrons. The Morgan fingerprint density at radius 1 is 1.08 bits per heavy atom. The molecule has 1 amide bonds. The molecule has 26 heavy (non-hydrogen) atoms. The molecule has 6 heteroatoms. The van der Waals surface area contributed by atoms with E-state index in [-0.39, 0.29) is 17.8 Å². The minimum absolute atomic E-state index is 0.109. The van der Waals surface area contributed by atoms with Gasteiger partial charge in [0, 0.05) is 31.7 Å². The quantitative estimate of drug-likeness (QED) is 0.848. The molecule has 0 spiro atoms. The Hall–Kier alpha value is -2.91. The molecule has 134 valence electrons. The van der Waals surface area contributed by atoms with Crippen LogP contribution < -0.4 is 4.74 Å². The lowest BCUT2D eigenvalue weighted by atomic mass is 10.1. The summed E-state index contributed by atoms with van der Waals surface area (Å²) >= 11 is 0. The van der Waals surface area contributed by atoms with Gasteiger partial charge in [-0.1, -0.05) is 12.1 Å². The van der Waals surface area contributed by atoms with Crippen molar-refractivity contribution >= 4 is 5.91 Å². The van der Waals surface area contributed by atoms with Gasteiger partial charge in [0.1, 0.15) is 17.6 Å². The molecule has 1 unspecified atom stereocenters. The Kier molecular flexibility index (Phi) is 5.49. The number of rotatable bonds is 4. The van der Waals surface area contributed by atoms with E-state index in [4.69, 9.17) is 4.74 Å². The van der Waals surface area contributed by atoms with Gasteiger partial charge in [-0.2, -0.15) is 5.26 Å². The van der Waals surface area contributed by atoms with E-state index in [0.29, 0.717) is 31.7 Å². The fourth-order valence-corrected chi connectivity index (χ4v) is 3.11. The predicted molar refractivity (Wildman–Crippen MR) is 95.2 cm³/mol. The number of methoxy groups -OCH3 is 1. The number of carbonyl (C=O) groups excluding carboxylic acids is 1. The number of hydrogen-bond donors (Lipinski definition) is 0. The second-order valence-corrected chi connectivity index (χ2v) is 6.14. The van der Waals surface area contributed by atoms with Gasteiger partial charge in [-0.25, -0.2) is 4.39 Å². The van der Waals surface area contributed by atoms with Crippen molar-refractivity contribution in [2.45, 2.75) is 6.04 Å². The maximum Gasteiger partial charge on any atom is 0.253 e. The fourth-order valence-electron chi connectivity index (χ4n) is 3.11. The molecule has 2 aromatic rings.